The van der Waals surface area contributed by atoms with E-state index in [0.29, 0.717) is 0 Å². The lowest BCUT2D eigenvalue weighted by molar-refractivity contribution is -0.128. The third-order valence-corrected chi connectivity index (χ3v) is 3.96. The minimum absolute atomic E-state index is 0.0142. The van der Waals surface area contributed by atoms with Gasteiger partial charge in [-0.05, 0) is 37.1 Å². The maximum Gasteiger partial charge on any atom is 0.240 e. The largest absolute Gasteiger partial charge is 0.344 e. The molecule has 0 aliphatic rings. The van der Waals surface area contributed by atoms with Crippen LogP contribution in [0.2, 0.25) is 0 Å². The SMILES string of the molecule is CC(=O)C(NC(=O)Cn1ccc2cc(Br)ccc21)C(C)C. The smallest absolute Gasteiger partial charge is 0.240 e. The molecule has 0 fully saturated rings. The number of hydrogen-bond acceptors (Lipinski definition) is 2. The van der Waals surface area contributed by atoms with Crippen LogP contribution in [0, 0.1) is 5.92 Å². The van der Waals surface area contributed by atoms with Gasteiger partial charge in [0.25, 0.3) is 0 Å². The predicted molar refractivity (Wildman–Crippen MR) is 87.1 cm³/mol. The molecule has 4 nitrogen and oxygen atoms in total. The summed E-state index contributed by atoms with van der Waals surface area (Å²) in [5.74, 6) is -0.0761. The van der Waals surface area contributed by atoms with Crippen molar-refractivity contribution in [3.8, 4) is 0 Å². The van der Waals surface area contributed by atoms with Crippen molar-refractivity contribution in [2.75, 3.05) is 0 Å². The van der Waals surface area contributed by atoms with Crippen molar-refractivity contribution in [1.82, 2.24) is 9.88 Å². The number of carbonyl (C=O) groups is 2. The van der Waals surface area contributed by atoms with Crippen molar-refractivity contribution in [1.29, 1.82) is 0 Å². The maximum atomic E-state index is 12.1. The first kappa shape index (κ1) is 15.8. The zero-order chi connectivity index (χ0) is 15.6. The molecule has 1 amide bonds. The van der Waals surface area contributed by atoms with Gasteiger partial charge in [-0.3, -0.25) is 9.59 Å². The third kappa shape index (κ3) is 3.73. The van der Waals surface area contributed by atoms with Gasteiger partial charge in [0.2, 0.25) is 5.91 Å². The Kier molecular flexibility index (Phi) is 4.83. The van der Waals surface area contributed by atoms with E-state index in [1.807, 2.05) is 48.9 Å². The molecule has 5 heteroatoms. The van der Waals surface area contributed by atoms with Crippen LogP contribution in [0.25, 0.3) is 10.9 Å². The molecule has 0 radical (unpaired) electrons. The van der Waals surface area contributed by atoms with Crippen LogP contribution in [-0.2, 0) is 16.1 Å². The van der Waals surface area contributed by atoms with E-state index in [9.17, 15) is 9.59 Å². The van der Waals surface area contributed by atoms with Gasteiger partial charge in [0.1, 0.15) is 6.54 Å². The number of fused-ring (bicyclic) bond motifs is 1. The Morgan fingerprint density at radius 2 is 2.00 bits per heavy atom. The van der Waals surface area contributed by atoms with E-state index in [-0.39, 0.29) is 24.2 Å². The molecule has 112 valence electrons. The summed E-state index contributed by atoms with van der Waals surface area (Å²) >= 11 is 3.43. The van der Waals surface area contributed by atoms with Crippen LogP contribution < -0.4 is 5.32 Å². The van der Waals surface area contributed by atoms with Crippen LogP contribution in [0.4, 0.5) is 0 Å². The van der Waals surface area contributed by atoms with E-state index >= 15 is 0 Å². The Hall–Kier alpha value is -1.62. The Balaban J connectivity index is 2.13. The number of aromatic nitrogens is 1. The fourth-order valence-corrected chi connectivity index (χ4v) is 2.80. The number of nitrogens with zero attached hydrogens (tertiary/aromatic N) is 1. The zero-order valence-corrected chi connectivity index (χ0v) is 14.0. The Morgan fingerprint density at radius 1 is 1.29 bits per heavy atom. The third-order valence-electron chi connectivity index (χ3n) is 3.47. The molecule has 2 aromatic rings. The summed E-state index contributed by atoms with van der Waals surface area (Å²) < 4.78 is 2.89. The lowest BCUT2D eigenvalue weighted by atomic mass is 10.0. The molecule has 1 aromatic carbocycles. The lowest BCUT2D eigenvalue weighted by Crippen LogP contribution is -2.44. The quantitative estimate of drug-likeness (QED) is 0.900. The Labute approximate surface area is 132 Å². The van der Waals surface area contributed by atoms with Crippen molar-refractivity contribution in [3.63, 3.8) is 0 Å². The summed E-state index contributed by atoms with van der Waals surface area (Å²) in [7, 11) is 0. The molecular weight excluding hydrogens is 332 g/mol. The van der Waals surface area contributed by atoms with Crippen LogP contribution in [0.3, 0.4) is 0 Å². The molecule has 0 saturated heterocycles. The normalized spacial score (nSPS) is 12.6. The topological polar surface area (TPSA) is 51.1 Å². The second-order valence-corrected chi connectivity index (χ2v) is 6.46. The van der Waals surface area contributed by atoms with Crippen LogP contribution in [0.1, 0.15) is 20.8 Å². The fraction of sp³-hybridized carbons (Fsp3) is 0.375. The number of hydrogen-bond donors (Lipinski definition) is 1. The average molecular weight is 351 g/mol. The average Bonchev–Trinajstić information content (AvgIpc) is 2.77. The number of benzene rings is 1. The molecule has 2 rings (SSSR count). The predicted octanol–water partition coefficient (Wildman–Crippen LogP) is 3.13. The molecule has 1 atom stereocenters. The first-order valence-electron chi connectivity index (χ1n) is 6.92. The molecule has 0 aliphatic carbocycles. The second kappa shape index (κ2) is 6.43. The minimum Gasteiger partial charge on any atom is -0.344 e. The molecule has 0 bridgehead atoms. The molecule has 1 N–H and O–H groups in total. The van der Waals surface area contributed by atoms with E-state index < -0.39 is 6.04 Å². The Bertz CT molecular complexity index is 676. The molecule has 0 spiro atoms. The van der Waals surface area contributed by atoms with Crippen molar-refractivity contribution in [2.24, 2.45) is 5.92 Å². The van der Waals surface area contributed by atoms with Gasteiger partial charge in [0.05, 0.1) is 6.04 Å². The van der Waals surface area contributed by atoms with E-state index in [2.05, 4.69) is 21.2 Å². The molecule has 21 heavy (non-hydrogen) atoms. The number of carbonyl (C=O) groups excluding carboxylic acids is 2. The summed E-state index contributed by atoms with van der Waals surface area (Å²) in [5.41, 5.74) is 0.997. The van der Waals surface area contributed by atoms with Crippen LogP contribution in [0.5, 0.6) is 0 Å². The summed E-state index contributed by atoms with van der Waals surface area (Å²) in [4.78, 5) is 23.7. The van der Waals surface area contributed by atoms with Crippen LogP contribution in [0.15, 0.2) is 34.9 Å². The van der Waals surface area contributed by atoms with Crippen molar-refractivity contribution >= 4 is 38.5 Å². The van der Waals surface area contributed by atoms with E-state index in [1.165, 1.54) is 6.92 Å². The number of halogens is 1. The first-order chi connectivity index (χ1) is 9.88. The van der Waals surface area contributed by atoms with Crippen molar-refractivity contribution in [3.05, 3.63) is 34.9 Å². The molecule has 1 heterocycles. The van der Waals surface area contributed by atoms with Gasteiger partial charge in [-0.15, -0.1) is 0 Å². The number of rotatable bonds is 5. The fourth-order valence-electron chi connectivity index (χ4n) is 2.42. The highest BCUT2D eigenvalue weighted by Crippen LogP contribution is 2.20. The van der Waals surface area contributed by atoms with E-state index in [1.54, 1.807) is 0 Å². The Morgan fingerprint density at radius 3 is 2.62 bits per heavy atom. The van der Waals surface area contributed by atoms with Crippen molar-refractivity contribution in [2.45, 2.75) is 33.4 Å². The number of Topliss-reactive ketones (excluding diaryl/α,β-unsaturated/α-hetero) is 1. The lowest BCUT2D eigenvalue weighted by Gasteiger charge is -2.19. The highest BCUT2D eigenvalue weighted by molar-refractivity contribution is 9.10. The number of ketones is 1. The summed E-state index contributed by atoms with van der Waals surface area (Å²) in [6.45, 7) is 5.57. The van der Waals surface area contributed by atoms with Gasteiger partial charge in [0, 0.05) is 21.6 Å². The second-order valence-electron chi connectivity index (χ2n) is 5.55. The highest BCUT2D eigenvalue weighted by Gasteiger charge is 2.20. The monoisotopic (exact) mass is 350 g/mol. The summed E-state index contributed by atoms with van der Waals surface area (Å²) in [5, 5.41) is 3.88. The van der Waals surface area contributed by atoms with Gasteiger partial charge in [-0.25, -0.2) is 0 Å². The maximum absolute atomic E-state index is 12.1. The molecule has 0 aliphatic heterocycles. The summed E-state index contributed by atoms with van der Waals surface area (Å²) in [6, 6.07) is 7.48. The molecule has 1 unspecified atom stereocenters. The number of amides is 1. The van der Waals surface area contributed by atoms with Crippen LogP contribution in [-0.4, -0.2) is 22.3 Å². The minimum atomic E-state index is -0.423. The van der Waals surface area contributed by atoms with Gasteiger partial charge < -0.3 is 9.88 Å². The zero-order valence-electron chi connectivity index (χ0n) is 12.4. The van der Waals surface area contributed by atoms with Gasteiger partial charge in [0.15, 0.2) is 5.78 Å². The molecule has 0 saturated carbocycles. The molecular formula is C16H19BrN2O2. The first-order valence-corrected chi connectivity index (χ1v) is 7.72. The molecule has 1 aromatic heterocycles. The van der Waals surface area contributed by atoms with Gasteiger partial charge >= 0.3 is 0 Å². The number of nitrogens with one attached hydrogen (secondary N) is 1. The van der Waals surface area contributed by atoms with Crippen molar-refractivity contribution < 1.29 is 9.59 Å². The standard InChI is InChI=1S/C16H19BrN2O2/c1-10(2)16(11(3)20)18-15(21)9-19-7-6-12-8-13(17)4-5-14(12)19/h4-8,10,16H,9H2,1-3H3,(H,18,21). The van der Waals surface area contributed by atoms with Crippen LogP contribution >= 0.6 is 15.9 Å². The van der Waals surface area contributed by atoms with E-state index in [0.717, 1.165) is 15.4 Å². The highest BCUT2D eigenvalue weighted by atomic mass is 79.9. The van der Waals surface area contributed by atoms with Gasteiger partial charge in [-0.2, -0.15) is 0 Å². The summed E-state index contributed by atoms with van der Waals surface area (Å²) in [6.07, 6.45) is 1.88. The van der Waals surface area contributed by atoms with Gasteiger partial charge in [-0.1, -0.05) is 29.8 Å². The van der Waals surface area contributed by atoms with E-state index in [4.69, 9.17) is 0 Å².